The molecular weight excluding hydrogens is 352 g/mol. The van der Waals surface area contributed by atoms with Crippen LogP contribution in [0.3, 0.4) is 0 Å². The molecule has 5 fully saturated rings. The Morgan fingerprint density at radius 2 is 1.78 bits per heavy atom. The normalized spacial score (nSPS) is 61.4. The zero-order valence-electron chi connectivity index (χ0n) is 15.8. The first-order valence-corrected chi connectivity index (χ1v) is 10.00. The highest BCUT2D eigenvalue weighted by Gasteiger charge is 2.85. The van der Waals surface area contributed by atoms with Crippen molar-refractivity contribution in [3.63, 3.8) is 0 Å². The van der Waals surface area contributed by atoms with Crippen molar-refractivity contribution in [2.75, 3.05) is 6.61 Å². The van der Waals surface area contributed by atoms with Gasteiger partial charge in [-0.3, -0.25) is 9.59 Å². The van der Waals surface area contributed by atoms with E-state index in [-0.39, 0.29) is 18.8 Å². The van der Waals surface area contributed by atoms with E-state index >= 15 is 0 Å². The van der Waals surface area contributed by atoms with Crippen LogP contribution < -0.4 is 0 Å². The molecule has 0 aromatic carbocycles. The number of carbonyl (C=O) groups excluding carboxylic acids is 2. The van der Waals surface area contributed by atoms with Gasteiger partial charge in [0.15, 0.2) is 11.4 Å². The smallest absolute Gasteiger partial charge is 0.315 e. The molecule has 0 aromatic heterocycles. The van der Waals surface area contributed by atoms with Crippen LogP contribution in [0.5, 0.6) is 0 Å². The van der Waals surface area contributed by atoms with E-state index in [1.807, 2.05) is 6.92 Å². The molecule has 1 saturated heterocycles. The lowest BCUT2D eigenvalue weighted by Gasteiger charge is -2.64. The molecule has 0 radical (unpaired) electrons. The van der Waals surface area contributed by atoms with E-state index in [0.717, 1.165) is 0 Å². The number of Topliss-reactive ketones (excluding diaryl/α,β-unsaturated/α-hetero) is 1. The van der Waals surface area contributed by atoms with E-state index in [4.69, 9.17) is 4.74 Å². The number of esters is 1. The number of fused-ring (bicyclic) bond motifs is 1. The van der Waals surface area contributed by atoms with Crippen LogP contribution in [0, 0.1) is 22.2 Å². The van der Waals surface area contributed by atoms with Crippen molar-refractivity contribution in [2.24, 2.45) is 22.2 Å². The van der Waals surface area contributed by atoms with Gasteiger partial charge in [-0.1, -0.05) is 6.92 Å². The van der Waals surface area contributed by atoms with Gasteiger partial charge < -0.3 is 25.2 Å². The summed E-state index contributed by atoms with van der Waals surface area (Å²) in [5.74, 6) is -1.11. The molecule has 1 heterocycles. The van der Waals surface area contributed by atoms with E-state index < -0.39 is 57.5 Å². The van der Waals surface area contributed by atoms with E-state index in [9.17, 15) is 30.0 Å². The Labute approximate surface area is 157 Å². The molecule has 0 amide bonds. The Balaban J connectivity index is 1.71. The summed E-state index contributed by atoms with van der Waals surface area (Å²) in [4.78, 5) is 26.4. The van der Waals surface area contributed by atoms with Gasteiger partial charge in [0, 0.05) is 16.7 Å². The maximum atomic E-state index is 13.5. The number of rotatable bonds is 1. The molecule has 0 aromatic rings. The Morgan fingerprint density at radius 1 is 1.07 bits per heavy atom. The topological polar surface area (TPSA) is 124 Å². The predicted molar refractivity (Wildman–Crippen MR) is 91.3 cm³/mol. The van der Waals surface area contributed by atoms with Crippen molar-refractivity contribution in [3.8, 4) is 0 Å². The second-order valence-corrected chi connectivity index (χ2v) is 10.2. The second kappa shape index (κ2) is 4.58. The monoisotopic (exact) mass is 380 g/mol. The summed E-state index contributed by atoms with van der Waals surface area (Å²) in [5.41, 5.74) is -7.48. The summed E-state index contributed by atoms with van der Waals surface area (Å²) >= 11 is 0. The van der Waals surface area contributed by atoms with Gasteiger partial charge in [-0.2, -0.15) is 0 Å². The molecule has 4 bridgehead atoms. The SMILES string of the molecule is CC12C(=O)OC3(CCC1O)C2CCC12CC(O)(CCC13C)C(O)(CO)C2=O. The molecule has 8 atom stereocenters. The number of ether oxygens (including phenoxy) is 1. The standard InChI is InChI=1S/C20H28O7/c1-15-7-8-18(25)9-17(15,13(23)19(18,26)10-21)5-3-11-16(2)12(22)4-6-20(11,15)27-14(16)24/h11-12,21-22,25-26H,3-10H2,1-2H3. The third-order valence-electron chi connectivity index (χ3n) is 9.77. The van der Waals surface area contributed by atoms with E-state index in [2.05, 4.69) is 0 Å². The fourth-order valence-electron chi connectivity index (χ4n) is 8.00. The molecular formula is C20H28O7. The third-order valence-corrected chi connectivity index (χ3v) is 9.77. The first kappa shape index (κ1) is 18.0. The second-order valence-electron chi connectivity index (χ2n) is 10.2. The van der Waals surface area contributed by atoms with Gasteiger partial charge in [0.1, 0.15) is 11.2 Å². The average molecular weight is 380 g/mol. The number of hydrogen-bond donors (Lipinski definition) is 4. The minimum absolute atomic E-state index is 0.0810. The van der Waals surface area contributed by atoms with E-state index in [1.165, 1.54) is 0 Å². The first-order chi connectivity index (χ1) is 12.5. The maximum absolute atomic E-state index is 13.5. The molecule has 1 aliphatic heterocycles. The van der Waals surface area contributed by atoms with Gasteiger partial charge in [0.25, 0.3) is 0 Å². The van der Waals surface area contributed by atoms with Crippen molar-refractivity contribution in [1.29, 1.82) is 0 Å². The zero-order chi connectivity index (χ0) is 19.7. The molecule has 4 N–H and O–H groups in total. The highest BCUT2D eigenvalue weighted by molar-refractivity contribution is 5.98. The largest absolute Gasteiger partial charge is 0.458 e. The highest BCUT2D eigenvalue weighted by atomic mass is 16.6. The summed E-state index contributed by atoms with van der Waals surface area (Å²) in [6, 6.07) is 0. The Bertz CT molecular complexity index is 767. The van der Waals surface area contributed by atoms with E-state index in [1.54, 1.807) is 6.92 Å². The molecule has 27 heavy (non-hydrogen) atoms. The molecule has 1 spiro atoms. The minimum Gasteiger partial charge on any atom is -0.458 e. The lowest BCUT2D eigenvalue weighted by atomic mass is 9.39. The number of aliphatic hydroxyl groups is 4. The number of hydrogen-bond acceptors (Lipinski definition) is 7. The molecule has 5 aliphatic rings. The summed E-state index contributed by atoms with van der Waals surface area (Å²) in [6.07, 6.45) is 1.73. The van der Waals surface area contributed by atoms with Crippen LogP contribution in [0.2, 0.25) is 0 Å². The van der Waals surface area contributed by atoms with Crippen molar-refractivity contribution in [2.45, 2.75) is 81.7 Å². The fourth-order valence-corrected chi connectivity index (χ4v) is 8.00. The zero-order valence-corrected chi connectivity index (χ0v) is 15.8. The Kier molecular flexibility index (Phi) is 3.06. The van der Waals surface area contributed by atoms with Gasteiger partial charge in [0.2, 0.25) is 0 Å². The molecule has 4 aliphatic carbocycles. The van der Waals surface area contributed by atoms with Crippen LogP contribution in [-0.2, 0) is 14.3 Å². The van der Waals surface area contributed by atoms with Gasteiger partial charge in [-0.05, 0) is 51.9 Å². The number of carbonyl (C=O) groups is 2. The third kappa shape index (κ3) is 1.46. The average Bonchev–Trinajstić information content (AvgIpc) is 2.90. The van der Waals surface area contributed by atoms with Crippen LogP contribution in [0.1, 0.15) is 58.8 Å². The van der Waals surface area contributed by atoms with Gasteiger partial charge >= 0.3 is 5.97 Å². The Morgan fingerprint density at radius 3 is 2.44 bits per heavy atom. The van der Waals surface area contributed by atoms with Crippen molar-refractivity contribution in [3.05, 3.63) is 0 Å². The molecule has 4 saturated carbocycles. The van der Waals surface area contributed by atoms with Crippen LogP contribution in [0.4, 0.5) is 0 Å². The van der Waals surface area contributed by atoms with E-state index in [0.29, 0.717) is 32.1 Å². The quantitative estimate of drug-likeness (QED) is 0.474. The van der Waals surface area contributed by atoms with Crippen molar-refractivity contribution >= 4 is 11.8 Å². The van der Waals surface area contributed by atoms with Crippen LogP contribution in [0.15, 0.2) is 0 Å². The summed E-state index contributed by atoms with van der Waals surface area (Å²) in [7, 11) is 0. The summed E-state index contributed by atoms with van der Waals surface area (Å²) in [5, 5.41) is 42.5. The minimum atomic E-state index is -2.17. The molecule has 7 heteroatoms. The fraction of sp³-hybridized carbons (Fsp3) is 0.900. The molecule has 8 unspecified atom stereocenters. The number of aliphatic hydroxyl groups excluding tert-OH is 2. The molecule has 150 valence electrons. The lowest BCUT2D eigenvalue weighted by molar-refractivity contribution is -0.239. The predicted octanol–water partition coefficient (Wildman–Crippen LogP) is 0.0668. The number of ketones is 1. The molecule has 5 rings (SSSR count). The lowest BCUT2D eigenvalue weighted by Crippen LogP contribution is -2.68. The van der Waals surface area contributed by atoms with Crippen LogP contribution in [-0.4, -0.2) is 61.7 Å². The first-order valence-electron chi connectivity index (χ1n) is 10.00. The maximum Gasteiger partial charge on any atom is 0.315 e. The van der Waals surface area contributed by atoms with Crippen LogP contribution in [0.25, 0.3) is 0 Å². The Hall–Kier alpha value is -1.02. The van der Waals surface area contributed by atoms with Gasteiger partial charge in [-0.15, -0.1) is 0 Å². The summed E-state index contributed by atoms with van der Waals surface area (Å²) < 4.78 is 6.07. The van der Waals surface area contributed by atoms with Gasteiger partial charge in [0.05, 0.1) is 18.1 Å². The summed E-state index contributed by atoms with van der Waals surface area (Å²) in [6.45, 7) is 2.91. The van der Waals surface area contributed by atoms with Crippen LogP contribution >= 0.6 is 0 Å². The van der Waals surface area contributed by atoms with Gasteiger partial charge in [-0.25, -0.2) is 0 Å². The van der Waals surface area contributed by atoms with Crippen molar-refractivity contribution in [1.82, 2.24) is 0 Å². The van der Waals surface area contributed by atoms with Crippen molar-refractivity contribution < 1.29 is 34.8 Å². The molecule has 7 nitrogen and oxygen atoms in total. The highest BCUT2D eigenvalue weighted by Crippen LogP contribution is 2.77.